The maximum absolute atomic E-state index is 12.0. The molecule has 1 heterocycles. The Morgan fingerprint density at radius 3 is 2.81 bits per heavy atom. The molecule has 1 fully saturated rings. The third kappa shape index (κ3) is 4.57. The van der Waals surface area contributed by atoms with Crippen LogP contribution in [0.25, 0.3) is 0 Å². The lowest BCUT2D eigenvalue weighted by atomic mass is 10.00. The van der Waals surface area contributed by atoms with Crippen molar-refractivity contribution in [1.29, 1.82) is 5.26 Å². The van der Waals surface area contributed by atoms with Gasteiger partial charge >= 0.3 is 0 Å². The van der Waals surface area contributed by atoms with E-state index in [0.29, 0.717) is 18.0 Å². The molecule has 0 aromatic heterocycles. The van der Waals surface area contributed by atoms with Crippen LogP contribution in [0.5, 0.6) is 0 Å². The van der Waals surface area contributed by atoms with E-state index < -0.39 is 0 Å². The predicted octanol–water partition coefficient (Wildman–Crippen LogP) is 3.15. The highest BCUT2D eigenvalue weighted by molar-refractivity contribution is 5.90. The number of rotatable bonds is 5. The Balaban J connectivity index is 1.80. The van der Waals surface area contributed by atoms with Gasteiger partial charge in [0.25, 0.3) is 0 Å². The summed E-state index contributed by atoms with van der Waals surface area (Å²) < 4.78 is 0. The van der Waals surface area contributed by atoms with Gasteiger partial charge in [0.15, 0.2) is 0 Å². The number of likely N-dealkylation sites (tertiary alicyclic amines) is 1. The molecule has 0 bridgehead atoms. The zero-order valence-electron chi connectivity index (χ0n) is 12.6. The first-order chi connectivity index (χ1) is 10.2. The number of nitrogens with one attached hydrogen (secondary N) is 1. The first-order valence-corrected chi connectivity index (χ1v) is 7.77. The van der Waals surface area contributed by atoms with Gasteiger partial charge < -0.3 is 5.32 Å². The minimum Gasteiger partial charge on any atom is -0.326 e. The molecule has 0 saturated carbocycles. The molecule has 4 heteroatoms. The Morgan fingerprint density at radius 2 is 2.14 bits per heavy atom. The third-order valence-electron chi connectivity index (χ3n) is 4.14. The Morgan fingerprint density at radius 1 is 1.38 bits per heavy atom. The number of hydrogen-bond acceptors (Lipinski definition) is 3. The summed E-state index contributed by atoms with van der Waals surface area (Å²) in [5, 5.41) is 11.6. The van der Waals surface area contributed by atoms with Crippen LogP contribution in [-0.2, 0) is 4.79 Å². The minimum absolute atomic E-state index is 0.0418. The molecule has 1 aliphatic rings. The average molecular weight is 285 g/mol. The van der Waals surface area contributed by atoms with E-state index in [9.17, 15) is 4.79 Å². The molecule has 1 saturated heterocycles. The molecule has 1 aromatic rings. The van der Waals surface area contributed by atoms with Gasteiger partial charge in [-0.15, -0.1) is 0 Å². The fourth-order valence-electron chi connectivity index (χ4n) is 2.91. The van der Waals surface area contributed by atoms with Gasteiger partial charge in [-0.3, -0.25) is 9.69 Å². The average Bonchev–Trinajstić information content (AvgIpc) is 2.54. The Kier molecular flexibility index (Phi) is 5.77. The predicted molar refractivity (Wildman–Crippen MR) is 83.9 cm³/mol. The second-order valence-corrected chi connectivity index (χ2v) is 5.58. The molecule has 1 amide bonds. The molecule has 112 valence electrons. The molecule has 1 unspecified atom stereocenters. The first kappa shape index (κ1) is 15.5. The molecule has 2 rings (SSSR count). The standard InChI is InChI=1S/C17H23N3O/c1-2-16-5-3-4-11-20(16)12-10-17(21)19-15-8-6-14(13-18)7-9-15/h6-9,16H,2-5,10-12H2,1H3,(H,19,21). The summed E-state index contributed by atoms with van der Waals surface area (Å²) in [4.78, 5) is 14.4. The van der Waals surface area contributed by atoms with Crippen LogP contribution >= 0.6 is 0 Å². The van der Waals surface area contributed by atoms with Crippen molar-refractivity contribution in [2.75, 3.05) is 18.4 Å². The van der Waals surface area contributed by atoms with E-state index >= 15 is 0 Å². The molecule has 0 radical (unpaired) electrons. The highest BCUT2D eigenvalue weighted by Crippen LogP contribution is 2.19. The highest BCUT2D eigenvalue weighted by atomic mass is 16.1. The SMILES string of the molecule is CCC1CCCCN1CCC(=O)Nc1ccc(C#N)cc1. The van der Waals surface area contributed by atoms with E-state index in [0.717, 1.165) is 25.2 Å². The summed E-state index contributed by atoms with van der Waals surface area (Å²) in [5.41, 5.74) is 1.36. The summed E-state index contributed by atoms with van der Waals surface area (Å²) in [5.74, 6) is 0.0418. The van der Waals surface area contributed by atoms with Crippen LogP contribution in [0.4, 0.5) is 5.69 Å². The molecule has 1 atom stereocenters. The summed E-state index contributed by atoms with van der Waals surface area (Å²) in [6.45, 7) is 4.17. The normalized spacial score (nSPS) is 19.0. The molecule has 4 nitrogen and oxygen atoms in total. The summed E-state index contributed by atoms with van der Waals surface area (Å²) >= 11 is 0. The van der Waals surface area contributed by atoms with E-state index in [-0.39, 0.29) is 5.91 Å². The number of benzene rings is 1. The minimum atomic E-state index is 0.0418. The van der Waals surface area contributed by atoms with E-state index in [4.69, 9.17) is 5.26 Å². The van der Waals surface area contributed by atoms with E-state index in [1.807, 2.05) is 0 Å². The van der Waals surface area contributed by atoms with Gasteiger partial charge in [0.05, 0.1) is 11.6 Å². The number of nitriles is 1. The maximum Gasteiger partial charge on any atom is 0.225 e. The molecule has 0 spiro atoms. The number of piperidine rings is 1. The lowest BCUT2D eigenvalue weighted by molar-refractivity contribution is -0.116. The van der Waals surface area contributed by atoms with Crippen molar-refractivity contribution < 1.29 is 4.79 Å². The topological polar surface area (TPSA) is 56.1 Å². The van der Waals surface area contributed by atoms with Gasteiger partial charge in [-0.2, -0.15) is 5.26 Å². The van der Waals surface area contributed by atoms with Crippen molar-refractivity contribution in [2.45, 2.75) is 45.1 Å². The number of amides is 1. The van der Waals surface area contributed by atoms with Crippen molar-refractivity contribution in [1.82, 2.24) is 4.90 Å². The number of hydrogen-bond donors (Lipinski definition) is 1. The monoisotopic (exact) mass is 285 g/mol. The largest absolute Gasteiger partial charge is 0.326 e. The van der Waals surface area contributed by atoms with Gasteiger partial charge in [-0.25, -0.2) is 0 Å². The molecule has 0 aliphatic carbocycles. The lowest BCUT2D eigenvalue weighted by Crippen LogP contribution is -2.40. The number of carbonyl (C=O) groups excluding carboxylic acids is 1. The Labute approximate surface area is 126 Å². The zero-order valence-corrected chi connectivity index (χ0v) is 12.6. The van der Waals surface area contributed by atoms with Gasteiger partial charge in [0.1, 0.15) is 0 Å². The number of anilines is 1. The van der Waals surface area contributed by atoms with E-state index in [1.165, 1.54) is 19.3 Å². The van der Waals surface area contributed by atoms with Crippen LogP contribution in [0, 0.1) is 11.3 Å². The fourth-order valence-corrected chi connectivity index (χ4v) is 2.91. The van der Waals surface area contributed by atoms with Crippen molar-refractivity contribution in [3.8, 4) is 6.07 Å². The molecule has 21 heavy (non-hydrogen) atoms. The second kappa shape index (κ2) is 7.80. The lowest BCUT2D eigenvalue weighted by Gasteiger charge is -2.35. The summed E-state index contributed by atoms with van der Waals surface area (Å²) in [6, 6.07) is 9.68. The first-order valence-electron chi connectivity index (χ1n) is 7.77. The quantitative estimate of drug-likeness (QED) is 0.904. The van der Waals surface area contributed by atoms with E-state index in [1.54, 1.807) is 24.3 Å². The molecular weight excluding hydrogens is 262 g/mol. The van der Waals surface area contributed by atoms with Crippen molar-refractivity contribution >= 4 is 11.6 Å². The van der Waals surface area contributed by atoms with Crippen LogP contribution in [0.1, 0.15) is 44.6 Å². The van der Waals surface area contributed by atoms with Crippen LogP contribution in [0.15, 0.2) is 24.3 Å². The van der Waals surface area contributed by atoms with Gasteiger partial charge in [0.2, 0.25) is 5.91 Å². The van der Waals surface area contributed by atoms with Crippen LogP contribution < -0.4 is 5.32 Å². The maximum atomic E-state index is 12.0. The van der Waals surface area contributed by atoms with Gasteiger partial charge in [-0.05, 0) is 50.1 Å². The molecule has 1 N–H and O–H groups in total. The van der Waals surface area contributed by atoms with Gasteiger partial charge in [0, 0.05) is 24.7 Å². The van der Waals surface area contributed by atoms with Gasteiger partial charge in [-0.1, -0.05) is 13.3 Å². The Hall–Kier alpha value is -1.86. The number of carbonyl (C=O) groups is 1. The van der Waals surface area contributed by atoms with Crippen molar-refractivity contribution in [3.05, 3.63) is 29.8 Å². The third-order valence-corrected chi connectivity index (χ3v) is 4.14. The number of nitrogens with zero attached hydrogens (tertiary/aromatic N) is 2. The fraction of sp³-hybridized carbons (Fsp3) is 0.529. The smallest absolute Gasteiger partial charge is 0.225 e. The van der Waals surface area contributed by atoms with Crippen molar-refractivity contribution in [3.63, 3.8) is 0 Å². The van der Waals surface area contributed by atoms with Crippen LogP contribution in [0.3, 0.4) is 0 Å². The highest BCUT2D eigenvalue weighted by Gasteiger charge is 2.20. The Bertz CT molecular complexity index is 504. The van der Waals surface area contributed by atoms with E-state index in [2.05, 4.69) is 23.2 Å². The molecule has 1 aliphatic heterocycles. The summed E-state index contributed by atoms with van der Waals surface area (Å²) in [6.07, 6.45) is 5.50. The molecule has 1 aromatic carbocycles. The second-order valence-electron chi connectivity index (χ2n) is 5.58. The summed E-state index contributed by atoms with van der Waals surface area (Å²) in [7, 11) is 0. The van der Waals surface area contributed by atoms with Crippen molar-refractivity contribution in [2.24, 2.45) is 0 Å². The van der Waals surface area contributed by atoms with Crippen LogP contribution in [0.2, 0.25) is 0 Å². The zero-order chi connectivity index (χ0) is 15.1. The molecular formula is C17H23N3O. The van der Waals surface area contributed by atoms with Crippen LogP contribution in [-0.4, -0.2) is 29.9 Å².